The third kappa shape index (κ3) is 3.24. The van der Waals surface area contributed by atoms with Crippen molar-refractivity contribution < 1.29 is 19.7 Å². The molecule has 2 rings (SSSR count). The minimum absolute atomic E-state index is 0.0793. The van der Waals surface area contributed by atoms with Gasteiger partial charge in [-0.25, -0.2) is 4.79 Å². The van der Waals surface area contributed by atoms with E-state index in [-0.39, 0.29) is 12.5 Å². The number of amides is 1. The first-order chi connectivity index (χ1) is 9.11. The second kappa shape index (κ2) is 6.04. The Hall–Kier alpha value is -1.59. The van der Waals surface area contributed by atoms with Gasteiger partial charge in [-0.05, 0) is 18.6 Å². The first-order valence-electron chi connectivity index (χ1n) is 6.40. The van der Waals surface area contributed by atoms with Gasteiger partial charge in [0.2, 0.25) is 0 Å². The number of carbonyl (C=O) groups is 1. The van der Waals surface area contributed by atoms with Crippen molar-refractivity contribution in [1.29, 1.82) is 0 Å². The Kier molecular flexibility index (Phi) is 4.39. The van der Waals surface area contributed by atoms with Crippen LogP contribution >= 0.6 is 0 Å². The fourth-order valence-electron chi connectivity index (χ4n) is 2.36. The Labute approximate surface area is 112 Å². The number of ether oxygens (including phenoxy) is 1. The van der Waals surface area contributed by atoms with Crippen LogP contribution in [0.2, 0.25) is 0 Å². The maximum atomic E-state index is 12.0. The van der Waals surface area contributed by atoms with Crippen molar-refractivity contribution in [2.75, 3.05) is 18.6 Å². The molecule has 0 bridgehead atoms. The molecule has 5 heteroatoms. The van der Waals surface area contributed by atoms with Gasteiger partial charge in [0.15, 0.2) is 0 Å². The molecule has 1 fully saturated rings. The third-order valence-corrected chi connectivity index (χ3v) is 3.51. The SMILES string of the molecule is CN(C(=O)OC1CC(O)CC1CO)c1ccccc1. The topological polar surface area (TPSA) is 70.0 Å². The molecule has 1 amide bonds. The third-order valence-electron chi connectivity index (χ3n) is 3.51. The van der Waals surface area contributed by atoms with Crippen LogP contribution in [-0.2, 0) is 4.74 Å². The van der Waals surface area contributed by atoms with E-state index in [4.69, 9.17) is 4.74 Å². The number of rotatable bonds is 3. The standard InChI is InChI=1S/C14H19NO4/c1-15(11-5-3-2-4-6-11)14(18)19-13-8-12(17)7-10(13)9-16/h2-6,10,12-13,16-17H,7-9H2,1H3. The smallest absolute Gasteiger partial charge is 0.414 e. The summed E-state index contributed by atoms with van der Waals surface area (Å²) in [6, 6.07) is 9.18. The fourth-order valence-corrected chi connectivity index (χ4v) is 2.36. The number of hydrogen-bond donors (Lipinski definition) is 2. The highest BCUT2D eigenvalue weighted by molar-refractivity contribution is 5.87. The van der Waals surface area contributed by atoms with Crippen LogP contribution < -0.4 is 4.90 Å². The van der Waals surface area contributed by atoms with Crippen LogP contribution in [0.3, 0.4) is 0 Å². The molecule has 0 saturated heterocycles. The number of nitrogens with zero attached hydrogens (tertiary/aromatic N) is 1. The van der Waals surface area contributed by atoms with E-state index in [0.29, 0.717) is 12.8 Å². The van der Waals surface area contributed by atoms with E-state index in [1.54, 1.807) is 7.05 Å². The average molecular weight is 265 g/mol. The largest absolute Gasteiger partial charge is 0.445 e. The number of para-hydroxylation sites is 1. The van der Waals surface area contributed by atoms with E-state index in [9.17, 15) is 15.0 Å². The number of hydrogen-bond acceptors (Lipinski definition) is 4. The summed E-state index contributed by atoms with van der Waals surface area (Å²) in [6.45, 7) is -0.0793. The Morgan fingerprint density at radius 1 is 1.37 bits per heavy atom. The van der Waals surface area contributed by atoms with Gasteiger partial charge in [0, 0.05) is 31.7 Å². The van der Waals surface area contributed by atoms with Crippen LogP contribution in [-0.4, -0.2) is 42.2 Å². The number of aliphatic hydroxyl groups excluding tert-OH is 2. The zero-order valence-corrected chi connectivity index (χ0v) is 10.9. The van der Waals surface area contributed by atoms with Gasteiger partial charge in [-0.2, -0.15) is 0 Å². The lowest BCUT2D eigenvalue weighted by Crippen LogP contribution is -2.33. The molecule has 1 aliphatic carbocycles. The monoisotopic (exact) mass is 265 g/mol. The van der Waals surface area contributed by atoms with Crippen LogP contribution in [0.15, 0.2) is 30.3 Å². The second-order valence-electron chi connectivity index (χ2n) is 4.88. The predicted molar refractivity (Wildman–Crippen MR) is 70.9 cm³/mol. The Morgan fingerprint density at radius 2 is 2.05 bits per heavy atom. The molecule has 1 aromatic carbocycles. The minimum Gasteiger partial charge on any atom is -0.445 e. The molecule has 2 N–H and O–H groups in total. The Balaban J connectivity index is 1.97. The maximum absolute atomic E-state index is 12.0. The molecule has 19 heavy (non-hydrogen) atoms. The van der Waals surface area contributed by atoms with Crippen LogP contribution in [0.25, 0.3) is 0 Å². The van der Waals surface area contributed by atoms with Gasteiger partial charge >= 0.3 is 6.09 Å². The van der Waals surface area contributed by atoms with Gasteiger partial charge in [-0.1, -0.05) is 18.2 Å². The van der Waals surface area contributed by atoms with Crippen molar-refractivity contribution >= 4 is 11.8 Å². The lowest BCUT2D eigenvalue weighted by molar-refractivity contribution is 0.0588. The van der Waals surface area contributed by atoms with Crippen LogP contribution in [0.1, 0.15) is 12.8 Å². The van der Waals surface area contributed by atoms with Crippen molar-refractivity contribution in [3.8, 4) is 0 Å². The van der Waals surface area contributed by atoms with Crippen molar-refractivity contribution in [1.82, 2.24) is 0 Å². The average Bonchev–Trinajstić information content (AvgIpc) is 2.78. The lowest BCUT2D eigenvalue weighted by Gasteiger charge is -2.22. The summed E-state index contributed by atoms with van der Waals surface area (Å²) < 4.78 is 5.37. The zero-order chi connectivity index (χ0) is 13.8. The van der Waals surface area contributed by atoms with Gasteiger partial charge in [0.1, 0.15) is 6.10 Å². The van der Waals surface area contributed by atoms with E-state index >= 15 is 0 Å². The molecule has 0 spiro atoms. The van der Waals surface area contributed by atoms with Crippen LogP contribution in [0.5, 0.6) is 0 Å². The number of benzene rings is 1. The molecule has 3 atom stereocenters. The van der Waals surface area contributed by atoms with Crippen molar-refractivity contribution in [3.05, 3.63) is 30.3 Å². The van der Waals surface area contributed by atoms with Crippen LogP contribution in [0, 0.1) is 5.92 Å². The summed E-state index contributed by atoms with van der Waals surface area (Å²) in [7, 11) is 1.64. The van der Waals surface area contributed by atoms with Gasteiger partial charge in [0.05, 0.1) is 6.10 Å². The Morgan fingerprint density at radius 3 is 2.68 bits per heavy atom. The Bertz CT molecular complexity index is 423. The number of carbonyl (C=O) groups excluding carboxylic acids is 1. The molecule has 0 aliphatic heterocycles. The summed E-state index contributed by atoms with van der Waals surface area (Å²) in [6.07, 6.45) is -0.525. The molecule has 3 unspecified atom stereocenters. The van der Waals surface area contributed by atoms with Gasteiger partial charge in [-0.3, -0.25) is 4.90 Å². The molecule has 5 nitrogen and oxygen atoms in total. The van der Waals surface area contributed by atoms with E-state index in [2.05, 4.69) is 0 Å². The maximum Gasteiger partial charge on any atom is 0.414 e. The summed E-state index contributed by atoms with van der Waals surface area (Å²) in [4.78, 5) is 13.4. The van der Waals surface area contributed by atoms with Crippen molar-refractivity contribution in [2.24, 2.45) is 5.92 Å². The van der Waals surface area contributed by atoms with E-state index in [0.717, 1.165) is 5.69 Å². The number of aliphatic hydroxyl groups is 2. The predicted octanol–water partition coefficient (Wildman–Crippen LogP) is 1.39. The quantitative estimate of drug-likeness (QED) is 0.866. The molecule has 1 aromatic rings. The van der Waals surface area contributed by atoms with Gasteiger partial charge in [0.25, 0.3) is 0 Å². The highest BCUT2D eigenvalue weighted by atomic mass is 16.6. The summed E-state index contributed by atoms with van der Waals surface area (Å²) in [5.74, 6) is -0.178. The highest BCUT2D eigenvalue weighted by Crippen LogP contribution is 2.29. The van der Waals surface area contributed by atoms with Crippen molar-refractivity contribution in [2.45, 2.75) is 25.0 Å². The molecular formula is C14H19NO4. The number of anilines is 1. The van der Waals surface area contributed by atoms with E-state index in [1.165, 1.54) is 4.90 Å². The first-order valence-corrected chi connectivity index (χ1v) is 6.40. The molecule has 0 radical (unpaired) electrons. The molecule has 1 saturated carbocycles. The summed E-state index contributed by atoms with van der Waals surface area (Å²) in [5, 5.41) is 18.8. The van der Waals surface area contributed by atoms with E-state index in [1.807, 2.05) is 30.3 Å². The highest BCUT2D eigenvalue weighted by Gasteiger charge is 2.36. The minimum atomic E-state index is -0.503. The molecular weight excluding hydrogens is 246 g/mol. The molecule has 0 heterocycles. The summed E-state index contributed by atoms with van der Waals surface area (Å²) in [5.41, 5.74) is 0.742. The summed E-state index contributed by atoms with van der Waals surface area (Å²) >= 11 is 0. The lowest BCUT2D eigenvalue weighted by atomic mass is 10.1. The van der Waals surface area contributed by atoms with Gasteiger partial charge < -0.3 is 14.9 Å². The fraction of sp³-hybridized carbons (Fsp3) is 0.500. The van der Waals surface area contributed by atoms with Crippen LogP contribution in [0.4, 0.5) is 10.5 Å². The van der Waals surface area contributed by atoms with E-state index < -0.39 is 18.3 Å². The molecule has 1 aliphatic rings. The van der Waals surface area contributed by atoms with Gasteiger partial charge in [-0.15, -0.1) is 0 Å². The first kappa shape index (κ1) is 13.8. The molecule has 104 valence electrons. The second-order valence-corrected chi connectivity index (χ2v) is 4.88. The zero-order valence-electron chi connectivity index (χ0n) is 10.9. The van der Waals surface area contributed by atoms with Crippen molar-refractivity contribution in [3.63, 3.8) is 0 Å². The molecule has 0 aromatic heterocycles. The normalized spacial score (nSPS) is 26.2.